The van der Waals surface area contributed by atoms with E-state index in [1.165, 1.54) is 6.42 Å². The van der Waals surface area contributed by atoms with Gasteiger partial charge in [0.15, 0.2) is 0 Å². The smallest absolute Gasteiger partial charge is 0.129 e. The number of nitrogens with zero attached hydrogens (tertiary/aromatic N) is 2. The monoisotopic (exact) mass is 243 g/mol. The van der Waals surface area contributed by atoms with Crippen LogP contribution in [0.2, 0.25) is 0 Å². The summed E-state index contributed by atoms with van der Waals surface area (Å²) in [4.78, 5) is 8.65. The van der Waals surface area contributed by atoms with E-state index in [0.717, 1.165) is 37.4 Å². The average Bonchev–Trinajstić information content (AvgIpc) is 2.31. The van der Waals surface area contributed by atoms with Gasteiger partial charge in [0, 0.05) is 19.2 Å². The second kappa shape index (κ2) is 6.78. The number of nitrogens with two attached hydrogens (primary N) is 1. The molecule has 1 aliphatic rings. The van der Waals surface area contributed by atoms with Crippen molar-refractivity contribution in [2.45, 2.75) is 31.8 Å². The highest BCUT2D eigenvalue weighted by Crippen LogP contribution is 2.25. The lowest BCUT2D eigenvalue weighted by molar-refractivity contribution is 0.0121. The molecule has 1 aliphatic heterocycles. The maximum Gasteiger partial charge on any atom is 0.129 e. The molecule has 2 N–H and O–H groups in total. The molecule has 0 aromatic carbocycles. The molecule has 0 radical (unpaired) electrons. The Kier molecular flexibility index (Phi) is 5.66. The molecule has 5 heteroatoms. The summed E-state index contributed by atoms with van der Waals surface area (Å²) in [5, 5.41) is 0. The zero-order valence-electron chi connectivity index (χ0n) is 9.26. The Morgan fingerprint density at radius 3 is 3.00 bits per heavy atom. The molecular weight excluding hydrogens is 226 g/mol. The third-order valence-electron chi connectivity index (χ3n) is 2.60. The van der Waals surface area contributed by atoms with Crippen molar-refractivity contribution in [2.24, 2.45) is 5.73 Å². The summed E-state index contributed by atoms with van der Waals surface area (Å²) in [5.74, 6) is 0.823. The van der Waals surface area contributed by atoms with E-state index in [1.54, 1.807) is 6.20 Å². The minimum Gasteiger partial charge on any atom is -0.372 e. The molecule has 2 rings (SSSR count). The van der Waals surface area contributed by atoms with Crippen molar-refractivity contribution in [3.63, 3.8) is 0 Å². The summed E-state index contributed by atoms with van der Waals surface area (Å²) in [6.45, 7) is 1.44. The van der Waals surface area contributed by atoms with Gasteiger partial charge >= 0.3 is 0 Å². The normalized spacial score (nSPS) is 20.2. The van der Waals surface area contributed by atoms with Gasteiger partial charge in [-0.15, -0.1) is 12.4 Å². The number of halogens is 1. The van der Waals surface area contributed by atoms with E-state index < -0.39 is 0 Å². The van der Waals surface area contributed by atoms with E-state index in [0.29, 0.717) is 6.54 Å². The zero-order valence-corrected chi connectivity index (χ0v) is 10.1. The van der Waals surface area contributed by atoms with Gasteiger partial charge in [-0.1, -0.05) is 0 Å². The SMILES string of the molecule is Cl.NCCc1nccc(C2CCCCO2)n1. The zero-order chi connectivity index (χ0) is 10.5. The van der Waals surface area contributed by atoms with E-state index in [2.05, 4.69) is 9.97 Å². The highest BCUT2D eigenvalue weighted by atomic mass is 35.5. The van der Waals surface area contributed by atoms with Gasteiger partial charge in [0.1, 0.15) is 5.82 Å². The van der Waals surface area contributed by atoms with Crippen molar-refractivity contribution in [3.05, 3.63) is 23.8 Å². The molecule has 90 valence electrons. The molecule has 1 aromatic rings. The fourth-order valence-corrected chi connectivity index (χ4v) is 1.82. The molecule has 0 saturated carbocycles. The molecule has 0 amide bonds. The molecule has 2 heterocycles. The molecule has 1 unspecified atom stereocenters. The molecule has 1 saturated heterocycles. The van der Waals surface area contributed by atoms with Crippen LogP contribution in [0.15, 0.2) is 12.3 Å². The predicted octanol–water partition coefficient (Wildman–Crippen LogP) is 1.64. The summed E-state index contributed by atoms with van der Waals surface area (Å²) < 4.78 is 5.68. The first-order valence-corrected chi connectivity index (χ1v) is 5.53. The minimum atomic E-state index is 0. The van der Waals surface area contributed by atoms with E-state index in [4.69, 9.17) is 10.5 Å². The molecule has 0 bridgehead atoms. The second-order valence-electron chi connectivity index (χ2n) is 3.79. The van der Waals surface area contributed by atoms with Crippen LogP contribution >= 0.6 is 12.4 Å². The lowest BCUT2D eigenvalue weighted by Gasteiger charge is -2.22. The fraction of sp³-hybridized carbons (Fsp3) is 0.636. The predicted molar refractivity (Wildman–Crippen MR) is 64.6 cm³/mol. The van der Waals surface area contributed by atoms with Crippen molar-refractivity contribution in [1.29, 1.82) is 0 Å². The van der Waals surface area contributed by atoms with E-state index in [1.807, 2.05) is 6.07 Å². The van der Waals surface area contributed by atoms with Crippen molar-refractivity contribution in [1.82, 2.24) is 9.97 Å². The third-order valence-corrected chi connectivity index (χ3v) is 2.60. The topological polar surface area (TPSA) is 61.0 Å². The van der Waals surface area contributed by atoms with Gasteiger partial charge in [-0.05, 0) is 31.9 Å². The summed E-state index contributed by atoms with van der Waals surface area (Å²) in [5.41, 5.74) is 6.49. The van der Waals surface area contributed by atoms with E-state index in [-0.39, 0.29) is 18.5 Å². The second-order valence-corrected chi connectivity index (χ2v) is 3.79. The molecular formula is C11H18ClN3O. The Morgan fingerprint density at radius 1 is 1.44 bits per heavy atom. The highest BCUT2D eigenvalue weighted by molar-refractivity contribution is 5.85. The van der Waals surface area contributed by atoms with Gasteiger partial charge in [0.2, 0.25) is 0 Å². The molecule has 1 aromatic heterocycles. The van der Waals surface area contributed by atoms with Gasteiger partial charge in [-0.2, -0.15) is 0 Å². The highest BCUT2D eigenvalue weighted by Gasteiger charge is 2.17. The van der Waals surface area contributed by atoms with Crippen molar-refractivity contribution in [3.8, 4) is 0 Å². The molecule has 1 fully saturated rings. The number of ether oxygens (including phenoxy) is 1. The lowest BCUT2D eigenvalue weighted by Crippen LogP contribution is -2.15. The van der Waals surface area contributed by atoms with Crippen molar-refractivity contribution >= 4 is 12.4 Å². The number of aromatic nitrogens is 2. The van der Waals surface area contributed by atoms with E-state index in [9.17, 15) is 0 Å². The number of hydrogen-bond acceptors (Lipinski definition) is 4. The van der Waals surface area contributed by atoms with Crippen LogP contribution in [0.1, 0.15) is 36.9 Å². The maximum atomic E-state index is 5.68. The first-order valence-electron chi connectivity index (χ1n) is 5.53. The van der Waals surface area contributed by atoms with Crippen LogP contribution in [0.25, 0.3) is 0 Å². The van der Waals surface area contributed by atoms with Gasteiger partial charge in [0.25, 0.3) is 0 Å². The van der Waals surface area contributed by atoms with Gasteiger partial charge in [0.05, 0.1) is 11.8 Å². The Balaban J connectivity index is 0.00000128. The Bertz CT molecular complexity index is 316. The van der Waals surface area contributed by atoms with E-state index >= 15 is 0 Å². The number of rotatable bonds is 3. The summed E-state index contributed by atoms with van der Waals surface area (Å²) >= 11 is 0. The third kappa shape index (κ3) is 3.40. The van der Waals surface area contributed by atoms with Crippen LogP contribution < -0.4 is 5.73 Å². The van der Waals surface area contributed by atoms with Crippen LogP contribution in [-0.2, 0) is 11.2 Å². The van der Waals surface area contributed by atoms with Crippen LogP contribution in [0.4, 0.5) is 0 Å². The lowest BCUT2D eigenvalue weighted by atomic mass is 10.1. The Morgan fingerprint density at radius 2 is 2.31 bits per heavy atom. The summed E-state index contributed by atoms with van der Waals surface area (Å²) in [6, 6.07) is 1.94. The molecule has 1 atom stereocenters. The van der Waals surface area contributed by atoms with Gasteiger partial charge in [-0.3, -0.25) is 0 Å². The average molecular weight is 244 g/mol. The van der Waals surface area contributed by atoms with Crippen LogP contribution in [0.3, 0.4) is 0 Å². The first-order chi connectivity index (χ1) is 7.40. The minimum absolute atomic E-state index is 0. The summed E-state index contributed by atoms with van der Waals surface area (Å²) in [7, 11) is 0. The number of hydrogen-bond donors (Lipinski definition) is 1. The maximum absolute atomic E-state index is 5.68. The van der Waals surface area contributed by atoms with Crippen molar-refractivity contribution < 1.29 is 4.74 Å². The Hall–Kier alpha value is -0.710. The van der Waals surface area contributed by atoms with Crippen LogP contribution in [0, 0.1) is 0 Å². The first kappa shape index (κ1) is 13.4. The standard InChI is InChI=1S/C11H17N3O.ClH/c12-6-4-11-13-7-5-9(14-11)10-3-1-2-8-15-10;/h5,7,10H,1-4,6,8,12H2;1H. The van der Waals surface area contributed by atoms with Crippen LogP contribution in [0.5, 0.6) is 0 Å². The Labute approximate surface area is 102 Å². The molecule has 16 heavy (non-hydrogen) atoms. The largest absolute Gasteiger partial charge is 0.372 e. The van der Waals surface area contributed by atoms with Crippen LogP contribution in [-0.4, -0.2) is 23.1 Å². The fourth-order valence-electron chi connectivity index (χ4n) is 1.82. The molecule has 0 aliphatic carbocycles. The molecule has 4 nitrogen and oxygen atoms in total. The van der Waals surface area contributed by atoms with Gasteiger partial charge < -0.3 is 10.5 Å². The quantitative estimate of drug-likeness (QED) is 0.877. The van der Waals surface area contributed by atoms with Crippen molar-refractivity contribution in [2.75, 3.05) is 13.2 Å². The summed E-state index contributed by atoms with van der Waals surface area (Å²) in [6.07, 6.45) is 6.15. The molecule has 0 spiro atoms. The van der Waals surface area contributed by atoms with Gasteiger partial charge in [-0.25, -0.2) is 9.97 Å².